The molecule has 0 amide bonds. The molecule has 0 spiro atoms. The first-order chi connectivity index (χ1) is 10.8. The minimum atomic E-state index is -0.214. The standard InChI is InChI=1S/C16H14N4O2/c17-8-18-7-9-4-5-12-11(6-9)15-14-10(16(21)20-19-15)2-1-3-13(14)22-12/h1-6,18H,7-8,17H2,(H,20,21). The van der Waals surface area contributed by atoms with Crippen LogP contribution in [0.4, 0.5) is 0 Å². The van der Waals surface area contributed by atoms with Crippen molar-refractivity contribution in [3.05, 3.63) is 52.3 Å². The van der Waals surface area contributed by atoms with Crippen molar-refractivity contribution >= 4 is 10.8 Å². The number of aromatic amines is 1. The number of rotatable bonds is 3. The Morgan fingerprint density at radius 1 is 1.23 bits per heavy atom. The van der Waals surface area contributed by atoms with Crippen molar-refractivity contribution in [2.24, 2.45) is 5.73 Å². The van der Waals surface area contributed by atoms with Crippen molar-refractivity contribution in [1.29, 1.82) is 0 Å². The number of H-pyrrole nitrogens is 1. The second kappa shape index (κ2) is 4.94. The molecule has 2 heterocycles. The van der Waals surface area contributed by atoms with Crippen LogP contribution in [0.1, 0.15) is 5.56 Å². The highest BCUT2D eigenvalue weighted by atomic mass is 16.5. The van der Waals surface area contributed by atoms with Crippen molar-refractivity contribution in [2.45, 2.75) is 6.54 Å². The zero-order valence-electron chi connectivity index (χ0n) is 11.7. The van der Waals surface area contributed by atoms with E-state index in [1.165, 1.54) is 0 Å². The normalized spacial score (nSPS) is 12.0. The van der Waals surface area contributed by atoms with Crippen LogP contribution in [-0.2, 0) is 6.54 Å². The van der Waals surface area contributed by atoms with E-state index >= 15 is 0 Å². The first kappa shape index (κ1) is 13.0. The summed E-state index contributed by atoms with van der Waals surface area (Å²) in [5, 5.41) is 11.2. The zero-order chi connectivity index (χ0) is 15.1. The molecule has 6 heteroatoms. The molecule has 0 bridgehead atoms. The van der Waals surface area contributed by atoms with Crippen LogP contribution < -0.4 is 21.3 Å². The summed E-state index contributed by atoms with van der Waals surface area (Å²) in [6.07, 6.45) is 0. The highest BCUT2D eigenvalue weighted by molar-refractivity contribution is 6.01. The van der Waals surface area contributed by atoms with E-state index < -0.39 is 0 Å². The number of hydrogen-bond acceptors (Lipinski definition) is 5. The Kier molecular flexibility index (Phi) is 2.92. The van der Waals surface area contributed by atoms with E-state index in [1.54, 1.807) is 12.1 Å². The van der Waals surface area contributed by atoms with Crippen molar-refractivity contribution in [3.63, 3.8) is 0 Å². The van der Waals surface area contributed by atoms with Gasteiger partial charge >= 0.3 is 0 Å². The third kappa shape index (κ3) is 1.89. The average Bonchev–Trinajstić information content (AvgIpc) is 2.55. The smallest absolute Gasteiger partial charge is 0.272 e. The fraction of sp³-hybridized carbons (Fsp3) is 0.125. The third-order valence-corrected chi connectivity index (χ3v) is 3.77. The van der Waals surface area contributed by atoms with Crippen molar-refractivity contribution in [2.75, 3.05) is 6.67 Å². The van der Waals surface area contributed by atoms with E-state index in [9.17, 15) is 4.79 Å². The largest absolute Gasteiger partial charge is 0.456 e. The number of fused-ring (bicyclic) bond motifs is 2. The van der Waals surface area contributed by atoms with Crippen LogP contribution in [0.15, 0.2) is 41.2 Å². The van der Waals surface area contributed by atoms with E-state index in [4.69, 9.17) is 10.5 Å². The van der Waals surface area contributed by atoms with Crippen molar-refractivity contribution in [1.82, 2.24) is 15.5 Å². The number of aromatic nitrogens is 2. The van der Waals surface area contributed by atoms with Crippen LogP contribution in [0, 0.1) is 0 Å². The SMILES string of the molecule is NCNCc1ccc2c(c1)-c1n[nH]c(=O)c3cccc(c13)O2. The lowest BCUT2D eigenvalue weighted by molar-refractivity contribution is 0.485. The molecule has 0 saturated carbocycles. The van der Waals surface area contributed by atoms with Crippen LogP contribution in [0.3, 0.4) is 0 Å². The maximum Gasteiger partial charge on any atom is 0.272 e. The summed E-state index contributed by atoms with van der Waals surface area (Å²) in [6, 6.07) is 11.3. The lowest BCUT2D eigenvalue weighted by Crippen LogP contribution is -2.21. The highest BCUT2D eigenvalue weighted by Crippen LogP contribution is 2.44. The number of ether oxygens (including phenoxy) is 1. The molecule has 3 aromatic rings. The van der Waals surface area contributed by atoms with Crippen LogP contribution in [-0.4, -0.2) is 16.9 Å². The molecule has 1 aromatic heterocycles. The third-order valence-electron chi connectivity index (χ3n) is 3.77. The van der Waals surface area contributed by atoms with Gasteiger partial charge in [0.15, 0.2) is 0 Å². The van der Waals surface area contributed by atoms with Gasteiger partial charge in [0.05, 0.1) is 10.8 Å². The topological polar surface area (TPSA) is 93.0 Å². The fourth-order valence-electron chi connectivity index (χ4n) is 2.76. The van der Waals surface area contributed by atoms with Crippen LogP contribution in [0.2, 0.25) is 0 Å². The van der Waals surface area contributed by atoms with Crippen LogP contribution >= 0.6 is 0 Å². The van der Waals surface area contributed by atoms with Crippen LogP contribution in [0.5, 0.6) is 11.5 Å². The molecular weight excluding hydrogens is 280 g/mol. The van der Waals surface area contributed by atoms with Crippen LogP contribution in [0.25, 0.3) is 22.0 Å². The van der Waals surface area contributed by atoms with Gasteiger partial charge in [-0.2, -0.15) is 5.10 Å². The fourth-order valence-corrected chi connectivity index (χ4v) is 2.76. The monoisotopic (exact) mass is 294 g/mol. The summed E-state index contributed by atoms with van der Waals surface area (Å²) >= 11 is 0. The van der Waals surface area contributed by atoms with Gasteiger partial charge in [-0.3, -0.25) is 4.79 Å². The molecular formula is C16H14N4O2. The molecule has 0 radical (unpaired) electrons. The molecule has 6 nitrogen and oxygen atoms in total. The van der Waals surface area contributed by atoms with Gasteiger partial charge in [0.2, 0.25) is 0 Å². The number of nitrogens with zero attached hydrogens (tertiary/aromatic N) is 1. The molecule has 4 N–H and O–H groups in total. The van der Waals surface area contributed by atoms with E-state index in [0.29, 0.717) is 24.3 Å². The van der Waals surface area contributed by atoms with Crippen molar-refractivity contribution < 1.29 is 4.74 Å². The Labute approximate surface area is 125 Å². The molecule has 22 heavy (non-hydrogen) atoms. The van der Waals surface area contributed by atoms with Gasteiger partial charge in [0, 0.05) is 18.8 Å². The summed E-state index contributed by atoms with van der Waals surface area (Å²) in [5.74, 6) is 1.39. The molecule has 1 aliphatic rings. The Hall–Kier alpha value is -2.70. The number of nitrogens with one attached hydrogen (secondary N) is 2. The first-order valence-corrected chi connectivity index (χ1v) is 7.01. The minimum absolute atomic E-state index is 0.214. The Balaban J connectivity index is 1.96. The summed E-state index contributed by atoms with van der Waals surface area (Å²) in [6.45, 7) is 1.08. The van der Waals surface area contributed by atoms with Gasteiger partial charge in [0.25, 0.3) is 5.56 Å². The zero-order valence-corrected chi connectivity index (χ0v) is 11.7. The number of hydrogen-bond donors (Lipinski definition) is 3. The second-order valence-corrected chi connectivity index (χ2v) is 5.14. The predicted molar refractivity (Wildman–Crippen MR) is 83.8 cm³/mol. The molecule has 0 unspecified atom stereocenters. The van der Waals surface area contributed by atoms with Crippen molar-refractivity contribution in [3.8, 4) is 22.8 Å². The van der Waals surface area contributed by atoms with Gasteiger partial charge in [-0.15, -0.1) is 0 Å². The van der Waals surface area contributed by atoms with Gasteiger partial charge < -0.3 is 15.8 Å². The molecule has 1 aliphatic heterocycles. The molecule has 0 saturated heterocycles. The molecule has 110 valence electrons. The average molecular weight is 294 g/mol. The van der Waals surface area contributed by atoms with E-state index in [1.807, 2.05) is 24.3 Å². The molecule has 0 fully saturated rings. The molecule has 0 atom stereocenters. The Morgan fingerprint density at radius 3 is 3.00 bits per heavy atom. The van der Waals surface area contributed by atoms with E-state index in [0.717, 1.165) is 28.0 Å². The minimum Gasteiger partial charge on any atom is -0.456 e. The van der Waals surface area contributed by atoms with Gasteiger partial charge in [0.1, 0.15) is 17.2 Å². The van der Waals surface area contributed by atoms with Gasteiger partial charge in [-0.25, -0.2) is 5.10 Å². The van der Waals surface area contributed by atoms with Gasteiger partial charge in [-0.05, 0) is 29.8 Å². The molecule has 0 aliphatic carbocycles. The second-order valence-electron chi connectivity index (χ2n) is 5.14. The lowest BCUT2D eigenvalue weighted by atomic mass is 9.99. The van der Waals surface area contributed by atoms with E-state index in [2.05, 4.69) is 15.5 Å². The van der Waals surface area contributed by atoms with E-state index in [-0.39, 0.29) is 5.56 Å². The summed E-state index contributed by atoms with van der Waals surface area (Å²) in [4.78, 5) is 11.9. The Bertz CT molecular complexity index is 933. The lowest BCUT2D eigenvalue weighted by Gasteiger charge is -2.20. The molecule has 2 aromatic carbocycles. The molecule has 4 rings (SSSR count). The quantitative estimate of drug-likeness (QED) is 0.500. The maximum atomic E-state index is 11.9. The summed E-state index contributed by atoms with van der Waals surface area (Å²) in [5.41, 5.74) is 7.94. The first-order valence-electron chi connectivity index (χ1n) is 7.01. The number of benzene rings is 2. The maximum absolute atomic E-state index is 11.9. The Morgan fingerprint density at radius 2 is 2.14 bits per heavy atom. The summed E-state index contributed by atoms with van der Waals surface area (Å²) in [7, 11) is 0. The predicted octanol–water partition coefficient (Wildman–Crippen LogP) is 1.70. The number of nitrogens with two attached hydrogens (primary N) is 1. The summed E-state index contributed by atoms with van der Waals surface area (Å²) < 4.78 is 5.93. The highest BCUT2D eigenvalue weighted by Gasteiger charge is 2.22. The van der Waals surface area contributed by atoms with Gasteiger partial charge in [-0.1, -0.05) is 12.1 Å².